The Balaban J connectivity index is -0.00000684. The van der Waals surface area contributed by atoms with Crippen molar-refractivity contribution in [3.05, 3.63) is 12.7 Å². The predicted octanol–water partition coefficient (Wildman–Crippen LogP) is 2.88. The molecule has 0 aromatic rings. The van der Waals surface area contributed by atoms with Crippen LogP contribution in [0.15, 0.2) is 12.7 Å². The zero-order chi connectivity index (χ0) is 28.5. The Bertz CT molecular complexity index is 494. The molecular weight excluding hydrogens is 539 g/mol. The standard InChI is InChI=1S/C34H72N2O2.2ClH/c1-8-11-13-15-17-19-21-23-25-27-29-35(4,5)31-33(38-34(37)10-3)32-36(6,7)30-28-26-24-22-20-18-16-14-12-9-2;;/h10,33-34,37H,3,8-9,11-32H2,1-2,4-7H3;2*1H/q+2;;/p-2. The summed E-state index contributed by atoms with van der Waals surface area (Å²) in [5.41, 5.74) is 0. The number of aliphatic hydroxyl groups is 1. The topological polar surface area (TPSA) is 29.5 Å². The van der Waals surface area contributed by atoms with E-state index >= 15 is 0 Å². The Morgan fingerprint density at radius 2 is 0.825 bits per heavy atom. The van der Waals surface area contributed by atoms with Gasteiger partial charge in [0, 0.05) is 0 Å². The van der Waals surface area contributed by atoms with Crippen molar-refractivity contribution >= 4 is 0 Å². The Morgan fingerprint density at radius 1 is 0.550 bits per heavy atom. The van der Waals surface area contributed by atoms with Crippen molar-refractivity contribution in [3.63, 3.8) is 0 Å². The molecule has 6 heteroatoms. The molecule has 0 radical (unpaired) electrons. The molecule has 4 nitrogen and oxygen atoms in total. The van der Waals surface area contributed by atoms with Crippen LogP contribution in [0.3, 0.4) is 0 Å². The first-order valence-corrected chi connectivity index (χ1v) is 16.8. The van der Waals surface area contributed by atoms with Crippen molar-refractivity contribution in [1.29, 1.82) is 0 Å². The van der Waals surface area contributed by atoms with Crippen LogP contribution in [0.4, 0.5) is 0 Å². The van der Waals surface area contributed by atoms with E-state index in [0.717, 1.165) is 22.1 Å². The maximum absolute atomic E-state index is 10.2. The Kier molecular flexibility index (Phi) is 32.6. The molecule has 0 aliphatic carbocycles. The summed E-state index contributed by atoms with van der Waals surface area (Å²) >= 11 is 0. The quantitative estimate of drug-likeness (QED) is 0.0611. The molecule has 1 atom stereocenters. The molecule has 0 bridgehead atoms. The maximum Gasteiger partial charge on any atom is 0.174 e. The molecule has 0 amide bonds. The highest BCUT2D eigenvalue weighted by molar-refractivity contribution is 4.72. The monoisotopic (exact) mass is 610 g/mol. The van der Waals surface area contributed by atoms with Gasteiger partial charge >= 0.3 is 0 Å². The number of aliphatic hydroxyl groups excluding tert-OH is 1. The van der Waals surface area contributed by atoms with Crippen LogP contribution in [0.1, 0.15) is 142 Å². The van der Waals surface area contributed by atoms with Gasteiger partial charge in [0.05, 0.1) is 41.3 Å². The normalized spacial score (nSPS) is 12.7. The van der Waals surface area contributed by atoms with Gasteiger partial charge in [-0.2, -0.15) is 0 Å². The van der Waals surface area contributed by atoms with E-state index in [4.69, 9.17) is 4.74 Å². The molecule has 0 aliphatic rings. The molecule has 1 unspecified atom stereocenters. The predicted molar refractivity (Wildman–Crippen MR) is 168 cm³/mol. The van der Waals surface area contributed by atoms with Crippen LogP contribution in [0.25, 0.3) is 0 Å². The average Bonchev–Trinajstić information content (AvgIpc) is 2.85. The lowest BCUT2D eigenvalue weighted by Gasteiger charge is -2.38. The summed E-state index contributed by atoms with van der Waals surface area (Å²) in [5, 5.41) is 10.2. The third kappa shape index (κ3) is 29.6. The fraction of sp³-hybridized carbons (Fsp3) is 0.941. The van der Waals surface area contributed by atoms with Crippen LogP contribution in [0, 0.1) is 0 Å². The highest BCUT2D eigenvalue weighted by atomic mass is 35.5. The zero-order valence-electron chi connectivity index (χ0n) is 27.9. The molecule has 0 saturated carbocycles. The molecule has 0 heterocycles. The summed E-state index contributed by atoms with van der Waals surface area (Å²) < 4.78 is 7.97. The lowest BCUT2D eigenvalue weighted by molar-refractivity contribution is -0.915. The summed E-state index contributed by atoms with van der Waals surface area (Å²) in [6, 6.07) is 0. The van der Waals surface area contributed by atoms with Crippen molar-refractivity contribution in [2.45, 2.75) is 155 Å². The van der Waals surface area contributed by atoms with E-state index < -0.39 is 6.29 Å². The first-order valence-electron chi connectivity index (χ1n) is 16.8. The van der Waals surface area contributed by atoms with Crippen molar-refractivity contribution in [2.24, 2.45) is 0 Å². The smallest absolute Gasteiger partial charge is 0.174 e. The fourth-order valence-corrected chi connectivity index (χ4v) is 5.74. The molecule has 0 fully saturated rings. The molecular formula is C34H72Cl2N2O2. The van der Waals surface area contributed by atoms with Crippen LogP contribution in [0.2, 0.25) is 0 Å². The van der Waals surface area contributed by atoms with Gasteiger partial charge in [0.1, 0.15) is 13.1 Å². The number of hydrogen-bond donors (Lipinski definition) is 1. The van der Waals surface area contributed by atoms with Gasteiger partial charge in [-0.3, -0.25) is 0 Å². The second kappa shape index (κ2) is 29.2. The molecule has 40 heavy (non-hydrogen) atoms. The van der Waals surface area contributed by atoms with Gasteiger partial charge in [-0.25, -0.2) is 0 Å². The largest absolute Gasteiger partial charge is 1.00 e. The third-order valence-corrected chi connectivity index (χ3v) is 8.16. The minimum absolute atomic E-state index is 0. The molecule has 0 aliphatic heterocycles. The first kappa shape index (κ1) is 44.6. The third-order valence-electron chi connectivity index (χ3n) is 8.16. The molecule has 0 spiro atoms. The number of quaternary nitrogens is 2. The van der Waals surface area contributed by atoms with Crippen LogP contribution in [0.5, 0.6) is 0 Å². The summed E-state index contributed by atoms with van der Waals surface area (Å²) in [5.74, 6) is 0. The Morgan fingerprint density at radius 3 is 1.10 bits per heavy atom. The van der Waals surface area contributed by atoms with Crippen molar-refractivity contribution in [2.75, 3.05) is 54.4 Å². The van der Waals surface area contributed by atoms with E-state index in [9.17, 15) is 5.11 Å². The average molecular weight is 612 g/mol. The molecule has 1 N–H and O–H groups in total. The number of ether oxygens (including phenoxy) is 1. The first-order chi connectivity index (χ1) is 18.2. The highest BCUT2D eigenvalue weighted by Crippen LogP contribution is 2.16. The van der Waals surface area contributed by atoms with E-state index in [2.05, 4.69) is 48.6 Å². The molecule has 0 rings (SSSR count). The maximum atomic E-state index is 10.2. The SMILES string of the molecule is C=CC(O)OC(C[N+](C)(C)CCCCCCCCCCCC)C[N+](C)(C)CCCCCCCCCCCC.[Cl-].[Cl-]. The Labute approximate surface area is 264 Å². The van der Waals surface area contributed by atoms with E-state index in [-0.39, 0.29) is 30.9 Å². The summed E-state index contributed by atoms with van der Waals surface area (Å²) in [4.78, 5) is 0. The number of unbranched alkanes of at least 4 members (excludes halogenated alkanes) is 18. The number of nitrogens with zero attached hydrogens (tertiary/aromatic N) is 2. The minimum atomic E-state index is -0.880. The molecule has 244 valence electrons. The van der Waals surface area contributed by atoms with Gasteiger partial charge in [0.25, 0.3) is 0 Å². The second-order valence-electron chi connectivity index (χ2n) is 13.4. The van der Waals surface area contributed by atoms with Gasteiger partial charge in [-0.1, -0.05) is 123 Å². The van der Waals surface area contributed by atoms with Crippen LogP contribution in [-0.2, 0) is 4.74 Å². The van der Waals surface area contributed by atoms with E-state index in [1.165, 1.54) is 148 Å². The molecule has 0 aromatic heterocycles. The number of halogens is 2. The highest BCUT2D eigenvalue weighted by Gasteiger charge is 2.30. The second-order valence-corrected chi connectivity index (χ2v) is 13.4. The number of rotatable bonds is 29. The Hall–Kier alpha value is 0.160. The lowest BCUT2D eigenvalue weighted by Crippen LogP contribution is -3.00. The van der Waals surface area contributed by atoms with Crippen molar-refractivity contribution in [1.82, 2.24) is 0 Å². The van der Waals surface area contributed by atoms with E-state index in [1.807, 2.05) is 0 Å². The minimum Gasteiger partial charge on any atom is -1.00 e. The summed E-state index contributed by atoms with van der Waals surface area (Å²) in [6.07, 6.45) is 28.2. The van der Waals surface area contributed by atoms with Gasteiger partial charge in [-0.05, 0) is 31.8 Å². The van der Waals surface area contributed by atoms with E-state index in [1.54, 1.807) is 0 Å². The summed E-state index contributed by atoms with van der Waals surface area (Å²) in [6.45, 7) is 12.5. The van der Waals surface area contributed by atoms with Crippen LogP contribution in [-0.4, -0.2) is 80.8 Å². The van der Waals surface area contributed by atoms with Crippen molar-refractivity contribution in [3.8, 4) is 0 Å². The van der Waals surface area contributed by atoms with Crippen molar-refractivity contribution < 1.29 is 43.6 Å². The van der Waals surface area contributed by atoms with Gasteiger partial charge < -0.3 is 43.6 Å². The van der Waals surface area contributed by atoms with Crippen LogP contribution >= 0.6 is 0 Å². The number of likely N-dealkylation sites (N-methyl/N-ethyl adjacent to an activating group) is 2. The van der Waals surface area contributed by atoms with Gasteiger partial charge in [0.15, 0.2) is 12.4 Å². The van der Waals surface area contributed by atoms with Crippen LogP contribution < -0.4 is 24.8 Å². The molecule has 0 aromatic carbocycles. The lowest BCUT2D eigenvalue weighted by atomic mass is 10.1. The van der Waals surface area contributed by atoms with Gasteiger partial charge in [-0.15, -0.1) is 0 Å². The summed E-state index contributed by atoms with van der Waals surface area (Å²) in [7, 11) is 9.30. The van der Waals surface area contributed by atoms with Gasteiger partial charge in [0.2, 0.25) is 0 Å². The fourth-order valence-electron chi connectivity index (χ4n) is 5.74. The zero-order valence-corrected chi connectivity index (χ0v) is 29.4. The van der Waals surface area contributed by atoms with E-state index in [0.29, 0.717) is 0 Å². The molecule has 0 saturated heterocycles. The number of hydrogen-bond acceptors (Lipinski definition) is 2.